The number of terminal acetylenes is 1. The number of nitrogens with zero attached hydrogens (tertiary/aromatic N) is 8. The number of carbonyl (C=O) groups excluding carboxylic acids is 1. The minimum atomic E-state index is -4.64. The summed E-state index contributed by atoms with van der Waals surface area (Å²) in [5.41, 5.74) is 1.61. The number of anilines is 4. The number of rotatable bonds is 6. The van der Waals surface area contributed by atoms with Crippen molar-refractivity contribution in [3.05, 3.63) is 77.5 Å². The van der Waals surface area contributed by atoms with Gasteiger partial charge in [-0.05, 0) is 49.9 Å². The van der Waals surface area contributed by atoms with Gasteiger partial charge >= 0.3 is 12.2 Å². The lowest BCUT2D eigenvalue weighted by Gasteiger charge is -2.33. The van der Waals surface area contributed by atoms with Crippen molar-refractivity contribution in [3.63, 3.8) is 0 Å². The Labute approximate surface area is 248 Å². The average molecular weight is 591 g/mol. The normalized spacial score (nSPS) is 14.5. The Hall–Kier alpha value is -4.60. The molecule has 5 rings (SSSR count). The fraction of sp³-hybridized carbons (Fsp3) is 0.323. The Morgan fingerprint density at radius 1 is 0.977 bits per heavy atom. The molecule has 0 saturated carbocycles. The van der Waals surface area contributed by atoms with Crippen molar-refractivity contribution in [2.24, 2.45) is 0 Å². The molecule has 2 aromatic heterocycles. The van der Waals surface area contributed by atoms with Crippen LogP contribution in [0.15, 0.2) is 60.8 Å². The number of fused-ring (bicyclic) bond motifs is 1. The molecule has 0 aliphatic carbocycles. The van der Waals surface area contributed by atoms with Crippen molar-refractivity contribution >= 4 is 34.7 Å². The molecule has 0 radical (unpaired) electrons. The molecule has 3 heterocycles. The third-order valence-electron chi connectivity index (χ3n) is 7.42. The zero-order valence-electron chi connectivity index (χ0n) is 24.5. The molecule has 1 aliphatic rings. The molecule has 43 heavy (non-hydrogen) atoms. The molecule has 0 bridgehead atoms. The van der Waals surface area contributed by atoms with Crippen LogP contribution in [-0.2, 0) is 12.7 Å². The maximum Gasteiger partial charge on any atom is 0.416 e. The number of aryl methyl sites for hydroxylation is 1. The fourth-order valence-electron chi connectivity index (χ4n) is 4.94. The zero-order chi connectivity index (χ0) is 30.9. The zero-order valence-corrected chi connectivity index (χ0v) is 24.5. The standard InChI is InChI=1S/C31H33F3N8O/c1-6-40(25-12-9-23(27(19-25)31(32,33)34)21-39-17-15-38(5)16-18-39)30(43)42(24-10-7-22(2)8-11-24)26-13-14-41-28(20-26)35-29(36-41)37(3)4/h1,7-14,19-20H,15-18,21H2,2-5H3. The first-order valence-electron chi connectivity index (χ1n) is 13.8. The molecule has 224 valence electrons. The molecule has 2 amide bonds. The quantitative estimate of drug-likeness (QED) is 0.227. The molecule has 9 nitrogen and oxygen atoms in total. The van der Waals surface area contributed by atoms with E-state index in [-0.39, 0.29) is 17.8 Å². The van der Waals surface area contributed by atoms with E-state index in [1.807, 2.05) is 45.1 Å². The van der Waals surface area contributed by atoms with Gasteiger partial charge in [0.25, 0.3) is 0 Å². The highest BCUT2D eigenvalue weighted by Gasteiger charge is 2.35. The van der Waals surface area contributed by atoms with Crippen LogP contribution in [0.25, 0.3) is 5.65 Å². The first kappa shape index (κ1) is 29.9. The Kier molecular flexibility index (Phi) is 8.30. The van der Waals surface area contributed by atoms with E-state index in [1.54, 1.807) is 39.9 Å². The second kappa shape index (κ2) is 11.9. The molecule has 12 heteroatoms. The topological polar surface area (TPSA) is 63.5 Å². The maximum atomic E-state index is 14.3. The third kappa shape index (κ3) is 6.43. The fourth-order valence-corrected chi connectivity index (χ4v) is 4.94. The van der Waals surface area contributed by atoms with Crippen LogP contribution < -0.4 is 14.7 Å². The summed E-state index contributed by atoms with van der Waals surface area (Å²) in [7, 11) is 5.62. The largest absolute Gasteiger partial charge is 0.416 e. The second-order valence-electron chi connectivity index (χ2n) is 10.8. The van der Waals surface area contributed by atoms with E-state index in [0.717, 1.165) is 29.6 Å². The van der Waals surface area contributed by atoms with E-state index in [1.165, 1.54) is 17.0 Å². The summed E-state index contributed by atoms with van der Waals surface area (Å²) in [5, 5.41) is 4.40. The molecule has 0 atom stereocenters. The van der Waals surface area contributed by atoms with Gasteiger partial charge in [0.05, 0.1) is 22.6 Å². The van der Waals surface area contributed by atoms with Gasteiger partial charge in [0.2, 0.25) is 5.95 Å². The number of pyridine rings is 1. The average Bonchev–Trinajstić information content (AvgIpc) is 3.40. The lowest BCUT2D eigenvalue weighted by molar-refractivity contribution is -0.138. The molecule has 0 unspecified atom stereocenters. The van der Waals surface area contributed by atoms with Crippen molar-refractivity contribution < 1.29 is 18.0 Å². The van der Waals surface area contributed by atoms with Crippen LogP contribution in [0.5, 0.6) is 0 Å². The first-order valence-corrected chi connectivity index (χ1v) is 13.8. The van der Waals surface area contributed by atoms with E-state index in [0.29, 0.717) is 36.1 Å². The predicted molar refractivity (Wildman–Crippen MR) is 162 cm³/mol. The van der Waals surface area contributed by atoms with Gasteiger partial charge in [0.1, 0.15) is 0 Å². The summed E-state index contributed by atoms with van der Waals surface area (Å²) >= 11 is 0. The molecule has 0 N–H and O–H groups in total. The smallest absolute Gasteiger partial charge is 0.346 e. The van der Waals surface area contributed by atoms with E-state index in [2.05, 4.69) is 21.0 Å². The summed E-state index contributed by atoms with van der Waals surface area (Å²) in [4.78, 5) is 26.8. The number of amides is 2. The van der Waals surface area contributed by atoms with Gasteiger partial charge in [-0.2, -0.15) is 18.2 Å². The minimum absolute atomic E-state index is 0.0579. The van der Waals surface area contributed by atoms with Crippen molar-refractivity contribution in [1.29, 1.82) is 0 Å². The first-order chi connectivity index (χ1) is 20.4. The van der Waals surface area contributed by atoms with E-state index < -0.39 is 17.8 Å². The van der Waals surface area contributed by atoms with Crippen LogP contribution in [0.4, 0.5) is 41.0 Å². The number of hydrogen-bond acceptors (Lipinski definition) is 6. The van der Waals surface area contributed by atoms with Crippen LogP contribution in [0, 0.1) is 19.4 Å². The molecule has 2 aromatic carbocycles. The Morgan fingerprint density at radius 2 is 1.65 bits per heavy atom. The number of alkyl halides is 3. The van der Waals surface area contributed by atoms with Crippen molar-refractivity contribution in [2.75, 3.05) is 62.0 Å². The number of halogens is 3. The van der Waals surface area contributed by atoms with E-state index in [9.17, 15) is 18.0 Å². The van der Waals surface area contributed by atoms with Crippen LogP contribution in [-0.4, -0.2) is 77.8 Å². The van der Waals surface area contributed by atoms with Gasteiger partial charge < -0.3 is 9.80 Å². The number of benzene rings is 2. The van der Waals surface area contributed by atoms with Crippen LogP contribution >= 0.6 is 0 Å². The number of piperazine rings is 1. The Balaban J connectivity index is 1.54. The second-order valence-corrected chi connectivity index (χ2v) is 10.8. The monoisotopic (exact) mass is 590 g/mol. The SMILES string of the molecule is C#CN(C(=O)N(c1ccc(C)cc1)c1ccn2nc(N(C)C)nc2c1)c1ccc(CN2CCN(C)CC2)c(C(F)(F)F)c1. The van der Waals surface area contributed by atoms with Crippen molar-refractivity contribution in [3.8, 4) is 12.5 Å². The lowest BCUT2D eigenvalue weighted by atomic mass is 10.0. The lowest BCUT2D eigenvalue weighted by Crippen LogP contribution is -2.44. The number of likely N-dealkylation sites (N-methyl/N-ethyl adjacent to an activating group) is 1. The van der Waals surface area contributed by atoms with Gasteiger partial charge in [-0.15, -0.1) is 5.10 Å². The minimum Gasteiger partial charge on any atom is -0.346 e. The van der Waals surface area contributed by atoms with Gasteiger partial charge in [0, 0.05) is 65.1 Å². The number of aromatic nitrogens is 3. The van der Waals surface area contributed by atoms with Gasteiger partial charge in [0.15, 0.2) is 5.65 Å². The highest BCUT2D eigenvalue weighted by atomic mass is 19.4. The molecule has 4 aromatic rings. The van der Waals surface area contributed by atoms with E-state index in [4.69, 9.17) is 6.42 Å². The highest BCUT2D eigenvalue weighted by molar-refractivity contribution is 6.10. The third-order valence-corrected chi connectivity index (χ3v) is 7.42. The van der Waals surface area contributed by atoms with Crippen LogP contribution in [0.3, 0.4) is 0 Å². The summed E-state index contributed by atoms with van der Waals surface area (Å²) in [6, 6.07) is 16.0. The van der Waals surface area contributed by atoms with Gasteiger partial charge in [-0.1, -0.05) is 30.2 Å². The Bertz CT molecular complexity index is 1650. The molecular weight excluding hydrogens is 557 g/mol. The number of hydrogen-bond donors (Lipinski definition) is 0. The number of urea groups is 1. The molecule has 1 aliphatic heterocycles. The highest BCUT2D eigenvalue weighted by Crippen LogP contribution is 2.37. The summed E-state index contributed by atoms with van der Waals surface area (Å²) in [6.07, 6.45) is 2.84. The summed E-state index contributed by atoms with van der Waals surface area (Å²) in [5.74, 6) is 0.479. The predicted octanol–water partition coefficient (Wildman–Crippen LogP) is 5.23. The molecule has 0 spiro atoms. The maximum absolute atomic E-state index is 14.3. The summed E-state index contributed by atoms with van der Waals surface area (Å²) < 4.78 is 44.6. The van der Waals surface area contributed by atoms with E-state index >= 15 is 0 Å². The molecular formula is C31H33F3N8O. The molecule has 1 saturated heterocycles. The molecule has 1 fully saturated rings. The van der Waals surface area contributed by atoms with Crippen molar-refractivity contribution in [2.45, 2.75) is 19.6 Å². The van der Waals surface area contributed by atoms with Crippen LogP contribution in [0.1, 0.15) is 16.7 Å². The van der Waals surface area contributed by atoms with Gasteiger partial charge in [-0.25, -0.2) is 14.2 Å². The van der Waals surface area contributed by atoms with Gasteiger partial charge in [-0.3, -0.25) is 9.80 Å². The Morgan fingerprint density at radius 3 is 2.28 bits per heavy atom. The van der Waals surface area contributed by atoms with Crippen molar-refractivity contribution in [1.82, 2.24) is 24.4 Å². The summed E-state index contributed by atoms with van der Waals surface area (Å²) in [6.45, 7) is 4.97. The van der Waals surface area contributed by atoms with Crippen LogP contribution in [0.2, 0.25) is 0 Å². The number of carbonyl (C=O) groups is 1.